The predicted octanol–water partition coefficient (Wildman–Crippen LogP) is 4.07. The van der Waals surface area contributed by atoms with Gasteiger partial charge in [0, 0.05) is 10.5 Å². The first kappa shape index (κ1) is 15.4. The maximum atomic E-state index is 12.4. The first-order chi connectivity index (χ1) is 10.1. The Morgan fingerprint density at radius 3 is 1.86 bits per heavy atom. The van der Waals surface area contributed by atoms with E-state index in [2.05, 4.69) is 0 Å². The van der Waals surface area contributed by atoms with Gasteiger partial charge in [0.1, 0.15) is 11.5 Å². The van der Waals surface area contributed by atoms with Gasteiger partial charge in [0.15, 0.2) is 5.78 Å². The Kier molecular flexibility index (Phi) is 5.28. The maximum Gasteiger partial charge on any atom is 0.175 e. The summed E-state index contributed by atoms with van der Waals surface area (Å²) < 4.78 is 10.2. The molecule has 0 spiro atoms. The highest BCUT2D eigenvalue weighted by molar-refractivity contribution is 8.00. The summed E-state index contributed by atoms with van der Waals surface area (Å²) >= 11 is 1.54. The van der Waals surface area contributed by atoms with Crippen LogP contribution in [0.15, 0.2) is 53.4 Å². The second-order valence-electron chi connectivity index (χ2n) is 4.53. The third-order valence-electron chi connectivity index (χ3n) is 3.12. The van der Waals surface area contributed by atoms with Crippen LogP contribution >= 0.6 is 11.8 Å². The van der Waals surface area contributed by atoms with Crippen molar-refractivity contribution in [3.8, 4) is 11.5 Å². The highest BCUT2D eigenvalue weighted by Gasteiger charge is 2.16. The molecule has 0 saturated carbocycles. The van der Waals surface area contributed by atoms with Crippen LogP contribution in [0.25, 0.3) is 0 Å². The summed E-state index contributed by atoms with van der Waals surface area (Å²) in [6.45, 7) is 1.92. The first-order valence-electron chi connectivity index (χ1n) is 6.63. The van der Waals surface area contributed by atoms with Crippen LogP contribution in [0.1, 0.15) is 17.3 Å². The molecule has 0 amide bonds. The molecular formula is C17H18O3S. The molecule has 0 bridgehead atoms. The monoisotopic (exact) mass is 302 g/mol. The number of benzene rings is 2. The third kappa shape index (κ3) is 4.02. The van der Waals surface area contributed by atoms with E-state index in [1.54, 1.807) is 38.5 Å². The lowest BCUT2D eigenvalue weighted by Crippen LogP contribution is -2.13. The lowest BCUT2D eigenvalue weighted by atomic mass is 10.1. The van der Waals surface area contributed by atoms with Crippen LogP contribution in [0, 0.1) is 0 Å². The van der Waals surface area contributed by atoms with E-state index in [4.69, 9.17) is 9.47 Å². The second-order valence-corrected chi connectivity index (χ2v) is 5.94. The molecule has 1 unspecified atom stereocenters. The molecule has 0 N–H and O–H groups in total. The van der Waals surface area contributed by atoms with Gasteiger partial charge in [0.2, 0.25) is 0 Å². The fourth-order valence-electron chi connectivity index (χ4n) is 1.90. The Hall–Kier alpha value is -1.94. The van der Waals surface area contributed by atoms with E-state index in [-0.39, 0.29) is 11.0 Å². The number of thioether (sulfide) groups is 1. The molecule has 0 radical (unpaired) electrons. The minimum absolute atomic E-state index is 0.110. The lowest BCUT2D eigenvalue weighted by molar-refractivity contribution is 0.0994. The number of hydrogen-bond acceptors (Lipinski definition) is 4. The van der Waals surface area contributed by atoms with Gasteiger partial charge < -0.3 is 9.47 Å². The molecule has 3 nitrogen and oxygen atoms in total. The van der Waals surface area contributed by atoms with Gasteiger partial charge in [-0.25, -0.2) is 0 Å². The average Bonchev–Trinajstić information content (AvgIpc) is 2.55. The minimum Gasteiger partial charge on any atom is -0.497 e. The van der Waals surface area contributed by atoms with Gasteiger partial charge in [0.05, 0.1) is 19.5 Å². The van der Waals surface area contributed by atoms with Crippen molar-refractivity contribution >= 4 is 17.5 Å². The fraction of sp³-hybridized carbons (Fsp3) is 0.235. The van der Waals surface area contributed by atoms with Gasteiger partial charge in [-0.2, -0.15) is 0 Å². The standard InChI is InChI=1S/C17H18O3S/c1-12(21-16-10-8-15(20-3)9-11-16)17(18)13-4-6-14(19-2)7-5-13/h4-12H,1-3H3. The molecule has 4 heteroatoms. The molecule has 0 saturated heterocycles. The van der Waals surface area contributed by atoms with Gasteiger partial charge in [-0.3, -0.25) is 4.79 Å². The fourth-order valence-corrected chi connectivity index (χ4v) is 2.85. The zero-order chi connectivity index (χ0) is 15.2. The molecule has 0 aliphatic carbocycles. The lowest BCUT2D eigenvalue weighted by Gasteiger charge is -2.11. The van der Waals surface area contributed by atoms with Gasteiger partial charge in [-0.05, 0) is 55.5 Å². The van der Waals surface area contributed by atoms with E-state index in [9.17, 15) is 4.79 Å². The number of carbonyl (C=O) groups is 1. The summed E-state index contributed by atoms with van der Waals surface area (Å²) in [4.78, 5) is 13.4. The van der Waals surface area contributed by atoms with Crippen LogP contribution < -0.4 is 9.47 Å². The van der Waals surface area contributed by atoms with Crippen molar-refractivity contribution in [3.63, 3.8) is 0 Å². The van der Waals surface area contributed by atoms with E-state index in [1.807, 2.05) is 31.2 Å². The van der Waals surface area contributed by atoms with E-state index in [0.717, 1.165) is 16.4 Å². The average molecular weight is 302 g/mol. The number of carbonyl (C=O) groups excluding carboxylic acids is 1. The summed E-state index contributed by atoms with van der Waals surface area (Å²) in [5.74, 6) is 1.67. The van der Waals surface area contributed by atoms with Crippen molar-refractivity contribution in [3.05, 3.63) is 54.1 Å². The molecule has 2 rings (SSSR count). The number of Topliss-reactive ketones (excluding diaryl/α,β-unsaturated/α-hetero) is 1. The Bertz CT molecular complexity index is 590. The molecule has 21 heavy (non-hydrogen) atoms. The van der Waals surface area contributed by atoms with Crippen LogP contribution in [0.3, 0.4) is 0 Å². The van der Waals surface area contributed by atoms with Crippen LogP contribution in [-0.4, -0.2) is 25.3 Å². The first-order valence-corrected chi connectivity index (χ1v) is 7.51. The normalized spacial score (nSPS) is 11.8. The molecule has 2 aromatic rings. The van der Waals surface area contributed by atoms with Crippen molar-refractivity contribution in [2.24, 2.45) is 0 Å². The molecule has 1 atom stereocenters. The molecule has 0 aliphatic rings. The quantitative estimate of drug-likeness (QED) is 0.595. The van der Waals surface area contributed by atoms with Crippen molar-refractivity contribution in [2.45, 2.75) is 17.1 Å². The topological polar surface area (TPSA) is 35.5 Å². The number of hydrogen-bond donors (Lipinski definition) is 0. The smallest absolute Gasteiger partial charge is 0.175 e. The summed E-state index contributed by atoms with van der Waals surface area (Å²) in [5.41, 5.74) is 0.698. The van der Waals surface area contributed by atoms with Crippen LogP contribution in [0.5, 0.6) is 11.5 Å². The Labute approximate surface area is 129 Å². The van der Waals surface area contributed by atoms with Crippen molar-refractivity contribution in [1.82, 2.24) is 0 Å². The zero-order valence-corrected chi connectivity index (χ0v) is 13.1. The molecule has 0 fully saturated rings. The van der Waals surface area contributed by atoms with Crippen molar-refractivity contribution in [1.29, 1.82) is 0 Å². The number of rotatable bonds is 6. The zero-order valence-electron chi connectivity index (χ0n) is 12.3. The van der Waals surface area contributed by atoms with Crippen molar-refractivity contribution in [2.75, 3.05) is 14.2 Å². The molecule has 2 aromatic carbocycles. The van der Waals surface area contributed by atoms with E-state index < -0.39 is 0 Å². The summed E-state index contributed by atoms with van der Waals surface area (Å²) in [6, 6.07) is 14.9. The molecular weight excluding hydrogens is 284 g/mol. The van der Waals surface area contributed by atoms with Crippen LogP contribution in [-0.2, 0) is 0 Å². The van der Waals surface area contributed by atoms with E-state index in [0.29, 0.717) is 5.56 Å². The summed E-state index contributed by atoms with van der Waals surface area (Å²) in [7, 11) is 3.25. The number of ether oxygens (including phenoxy) is 2. The predicted molar refractivity (Wildman–Crippen MR) is 85.6 cm³/mol. The summed E-state index contributed by atoms with van der Waals surface area (Å²) in [5, 5.41) is -0.146. The Balaban J connectivity index is 2.03. The van der Waals surface area contributed by atoms with E-state index >= 15 is 0 Å². The molecule has 0 heterocycles. The molecule has 110 valence electrons. The number of methoxy groups -OCH3 is 2. The van der Waals surface area contributed by atoms with Gasteiger partial charge in [-0.15, -0.1) is 11.8 Å². The SMILES string of the molecule is COc1ccc(SC(C)C(=O)c2ccc(OC)cc2)cc1. The third-order valence-corrected chi connectivity index (χ3v) is 4.23. The molecule has 0 aliphatic heterocycles. The van der Waals surface area contributed by atoms with Gasteiger partial charge in [0.25, 0.3) is 0 Å². The summed E-state index contributed by atoms with van der Waals surface area (Å²) in [6.07, 6.45) is 0. The van der Waals surface area contributed by atoms with Gasteiger partial charge in [-0.1, -0.05) is 0 Å². The van der Waals surface area contributed by atoms with Gasteiger partial charge >= 0.3 is 0 Å². The second kappa shape index (κ2) is 7.18. The van der Waals surface area contributed by atoms with E-state index in [1.165, 1.54) is 11.8 Å². The Morgan fingerprint density at radius 2 is 1.38 bits per heavy atom. The molecule has 0 aromatic heterocycles. The largest absolute Gasteiger partial charge is 0.497 e. The highest BCUT2D eigenvalue weighted by atomic mass is 32.2. The minimum atomic E-state index is -0.146. The number of ketones is 1. The Morgan fingerprint density at radius 1 is 0.905 bits per heavy atom. The van der Waals surface area contributed by atoms with Crippen molar-refractivity contribution < 1.29 is 14.3 Å². The van der Waals surface area contributed by atoms with Crippen LogP contribution in [0.2, 0.25) is 0 Å². The van der Waals surface area contributed by atoms with Crippen LogP contribution in [0.4, 0.5) is 0 Å². The highest BCUT2D eigenvalue weighted by Crippen LogP contribution is 2.27. The maximum absolute atomic E-state index is 12.4.